The van der Waals surface area contributed by atoms with Crippen LogP contribution < -0.4 is 11.1 Å². The molecule has 2 fully saturated rings. The van der Waals surface area contributed by atoms with Crippen LogP contribution in [0.25, 0.3) is 0 Å². The number of amides is 2. The molecule has 1 saturated carbocycles. The molecule has 0 aromatic carbocycles. The number of nitrogens with zero attached hydrogens (tertiary/aromatic N) is 1. The molecule has 3 N–H and O–H groups in total. The summed E-state index contributed by atoms with van der Waals surface area (Å²) in [6.07, 6.45) is 1.12. The second kappa shape index (κ2) is 2.13. The first-order chi connectivity index (χ1) is 5.48. The normalized spacial score (nSPS) is 34.2. The van der Waals surface area contributed by atoms with Gasteiger partial charge in [0.25, 0.3) is 0 Å². The third-order valence-electron chi connectivity index (χ3n) is 2.59. The van der Waals surface area contributed by atoms with Crippen LogP contribution in [0.3, 0.4) is 0 Å². The Balaban J connectivity index is 2.09. The number of nitrogens with one attached hydrogen (secondary N) is 1. The van der Waals surface area contributed by atoms with Gasteiger partial charge in [-0.3, -0.25) is 0 Å². The smallest absolute Gasteiger partial charge is 0.319 e. The van der Waals surface area contributed by atoms with Crippen molar-refractivity contribution in [1.29, 1.82) is 0 Å². The summed E-state index contributed by atoms with van der Waals surface area (Å²) in [6, 6.07) is 0.428. The number of hydrogen-bond acceptors (Lipinski definition) is 2. The molecular weight excluding hydrogens is 154 g/mol. The lowest BCUT2D eigenvalue weighted by Crippen LogP contribution is -2.60. The summed E-state index contributed by atoms with van der Waals surface area (Å²) in [6.45, 7) is 4.53. The second-order valence-corrected chi connectivity index (χ2v) is 4.32. The van der Waals surface area contributed by atoms with E-state index in [0.29, 0.717) is 12.0 Å². The van der Waals surface area contributed by atoms with E-state index in [9.17, 15) is 4.79 Å². The van der Waals surface area contributed by atoms with Gasteiger partial charge in [-0.25, -0.2) is 4.79 Å². The Morgan fingerprint density at radius 1 is 1.67 bits per heavy atom. The Labute approximate surface area is 72.1 Å². The van der Waals surface area contributed by atoms with Crippen molar-refractivity contribution in [2.45, 2.75) is 32.0 Å². The van der Waals surface area contributed by atoms with Crippen molar-refractivity contribution in [2.24, 2.45) is 11.7 Å². The largest absolute Gasteiger partial charge is 0.335 e. The number of carbonyl (C=O) groups is 1. The van der Waals surface area contributed by atoms with Crippen LogP contribution in [0, 0.1) is 5.92 Å². The summed E-state index contributed by atoms with van der Waals surface area (Å²) in [5.41, 5.74) is 5.32. The molecule has 1 aliphatic heterocycles. The van der Waals surface area contributed by atoms with E-state index in [-0.39, 0.29) is 6.03 Å². The van der Waals surface area contributed by atoms with E-state index in [4.69, 9.17) is 5.73 Å². The lowest BCUT2D eigenvalue weighted by molar-refractivity contribution is 0.122. The van der Waals surface area contributed by atoms with Gasteiger partial charge in [-0.15, -0.1) is 0 Å². The number of carbonyl (C=O) groups excluding carboxylic acids is 1. The summed E-state index contributed by atoms with van der Waals surface area (Å²) in [5.74, 6) is 0.644. The molecule has 1 heterocycles. The first-order valence-electron chi connectivity index (χ1n) is 4.35. The monoisotopic (exact) mass is 169 g/mol. The molecule has 0 radical (unpaired) electrons. The minimum atomic E-state index is -0.530. The highest BCUT2D eigenvalue weighted by Crippen LogP contribution is 2.35. The van der Waals surface area contributed by atoms with Crippen molar-refractivity contribution in [3.05, 3.63) is 0 Å². The third kappa shape index (κ3) is 1.16. The van der Waals surface area contributed by atoms with E-state index in [0.717, 1.165) is 13.0 Å². The summed E-state index contributed by atoms with van der Waals surface area (Å²) in [5, 5.41) is 2.92. The second-order valence-electron chi connectivity index (χ2n) is 4.32. The molecule has 2 amide bonds. The number of rotatable bonds is 1. The fraction of sp³-hybridized carbons (Fsp3) is 0.875. The highest BCUT2D eigenvalue weighted by Gasteiger charge is 2.47. The SMILES string of the molecule is CC(C)(N)N1CC2CC2NC1=O. The summed E-state index contributed by atoms with van der Waals surface area (Å²) >= 11 is 0. The van der Waals surface area contributed by atoms with Crippen LogP contribution in [0.2, 0.25) is 0 Å². The van der Waals surface area contributed by atoms with Gasteiger partial charge in [0.05, 0.1) is 5.66 Å². The zero-order chi connectivity index (χ0) is 8.93. The molecule has 2 rings (SSSR count). The molecule has 68 valence electrons. The molecule has 2 atom stereocenters. The molecule has 12 heavy (non-hydrogen) atoms. The maximum absolute atomic E-state index is 11.4. The quantitative estimate of drug-likeness (QED) is 0.584. The zero-order valence-electron chi connectivity index (χ0n) is 7.50. The first kappa shape index (κ1) is 7.86. The van der Waals surface area contributed by atoms with Gasteiger partial charge >= 0.3 is 6.03 Å². The van der Waals surface area contributed by atoms with Gasteiger partial charge in [-0.2, -0.15) is 0 Å². The van der Waals surface area contributed by atoms with Crippen molar-refractivity contribution in [2.75, 3.05) is 6.54 Å². The van der Waals surface area contributed by atoms with E-state index in [1.54, 1.807) is 4.90 Å². The van der Waals surface area contributed by atoms with E-state index in [2.05, 4.69) is 5.32 Å². The fourth-order valence-corrected chi connectivity index (χ4v) is 1.68. The molecule has 0 aromatic rings. The molecule has 1 saturated heterocycles. The van der Waals surface area contributed by atoms with Crippen molar-refractivity contribution < 1.29 is 4.79 Å². The van der Waals surface area contributed by atoms with Crippen LogP contribution in [0.15, 0.2) is 0 Å². The Bertz CT molecular complexity index is 221. The van der Waals surface area contributed by atoms with Gasteiger partial charge in [0, 0.05) is 12.6 Å². The van der Waals surface area contributed by atoms with Gasteiger partial charge in [-0.1, -0.05) is 0 Å². The van der Waals surface area contributed by atoms with Crippen LogP contribution in [-0.2, 0) is 0 Å². The summed E-state index contributed by atoms with van der Waals surface area (Å²) in [7, 11) is 0. The number of hydrogen-bond donors (Lipinski definition) is 2. The highest BCUT2D eigenvalue weighted by molar-refractivity contribution is 5.77. The lowest BCUT2D eigenvalue weighted by atomic mass is 10.2. The Kier molecular flexibility index (Phi) is 1.39. The maximum Gasteiger partial charge on any atom is 0.319 e. The van der Waals surface area contributed by atoms with Crippen LogP contribution in [0.5, 0.6) is 0 Å². The van der Waals surface area contributed by atoms with Gasteiger partial charge in [-0.05, 0) is 26.2 Å². The molecular formula is C8H15N3O. The predicted octanol–water partition coefficient (Wildman–Crippen LogP) is 0.0949. The Morgan fingerprint density at radius 2 is 2.33 bits per heavy atom. The minimum Gasteiger partial charge on any atom is -0.335 e. The molecule has 0 spiro atoms. The van der Waals surface area contributed by atoms with Crippen LogP contribution in [0.4, 0.5) is 4.79 Å². The third-order valence-corrected chi connectivity index (χ3v) is 2.59. The van der Waals surface area contributed by atoms with E-state index < -0.39 is 5.66 Å². The zero-order valence-corrected chi connectivity index (χ0v) is 7.50. The van der Waals surface area contributed by atoms with Crippen LogP contribution in [-0.4, -0.2) is 29.2 Å². The van der Waals surface area contributed by atoms with Gasteiger partial charge in [0.1, 0.15) is 0 Å². The lowest BCUT2D eigenvalue weighted by Gasteiger charge is -2.37. The molecule has 2 unspecified atom stereocenters. The molecule has 2 aliphatic rings. The number of fused-ring (bicyclic) bond motifs is 1. The topological polar surface area (TPSA) is 58.4 Å². The molecule has 0 aromatic heterocycles. The molecule has 4 nitrogen and oxygen atoms in total. The number of urea groups is 1. The van der Waals surface area contributed by atoms with Gasteiger partial charge in [0.15, 0.2) is 0 Å². The van der Waals surface area contributed by atoms with Crippen LogP contribution in [0.1, 0.15) is 20.3 Å². The average molecular weight is 169 g/mol. The Hall–Kier alpha value is -0.770. The Morgan fingerprint density at radius 3 is 2.92 bits per heavy atom. The van der Waals surface area contributed by atoms with Crippen molar-refractivity contribution in [3.8, 4) is 0 Å². The van der Waals surface area contributed by atoms with E-state index in [1.807, 2.05) is 13.8 Å². The predicted molar refractivity (Wildman–Crippen MR) is 45.4 cm³/mol. The maximum atomic E-state index is 11.4. The highest BCUT2D eigenvalue weighted by atomic mass is 16.2. The first-order valence-corrected chi connectivity index (χ1v) is 4.35. The van der Waals surface area contributed by atoms with Gasteiger partial charge in [0.2, 0.25) is 0 Å². The van der Waals surface area contributed by atoms with Crippen molar-refractivity contribution in [1.82, 2.24) is 10.2 Å². The van der Waals surface area contributed by atoms with E-state index in [1.165, 1.54) is 0 Å². The van der Waals surface area contributed by atoms with Gasteiger partial charge < -0.3 is 16.0 Å². The van der Waals surface area contributed by atoms with Crippen LogP contribution >= 0.6 is 0 Å². The summed E-state index contributed by atoms with van der Waals surface area (Å²) in [4.78, 5) is 13.1. The number of nitrogens with two attached hydrogens (primary N) is 1. The fourth-order valence-electron chi connectivity index (χ4n) is 1.68. The molecule has 0 bridgehead atoms. The molecule has 1 aliphatic carbocycles. The average Bonchev–Trinajstić information content (AvgIpc) is 2.61. The minimum absolute atomic E-state index is 0.0127. The van der Waals surface area contributed by atoms with Crippen molar-refractivity contribution in [3.63, 3.8) is 0 Å². The molecule has 4 heteroatoms. The van der Waals surface area contributed by atoms with E-state index >= 15 is 0 Å². The summed E-state index contributed by atoms with van der Waals surface area (Å²) < 4.78 is 0. The van der Waals surface area contributed by atoms with Crippen molar-refractivity contribution >= 4 is 6.03 Å². The standard InChI is InChI=1S/C8H15N3O/c1-8(2,9)11-4-5-3-6(5)10-7(11)12/h5-6H,3-4,9H2,1-2H3,(H,10,12).